The maximum Gasteiger partial charge on any atom is 0.441 e. The Bertz CT molecular complexity index is 732. The topological polar surface area (TPSA) is 64.6 Å². The van der Waals surface area contributed by atoms with Crippen LogP contribution in [0, 0.1) is 5.82 Å². The molecule has 1 amide bonds. The minimum absolute atomic E-state index is 0.180. The van der Waals surface area contributed by atoms with E-state index in [1.165, 1.54) is 18.5 Å². The normalized spacial score (nSPS) is 17.4. The lowest BCUT2D eigenvalue weighted by molar-refractivity contribution is -0.258. The minimum Gasteiger partial charge on any atom is -0.297 e. The van der Waals surface area contributed by atoms with Crippen LogP contribution in [-0.2, 0) is 16.4 Å². The predicted molar refractivity (Wildman–Crippen MR) is 88.0 cm³/mol. The average Bonchev–Trinajstić information content (AvgIpc) is 2.64. The number of hydrogen-bond acceptors (Lipinski definition) is 5. The highest BCUT2D eigenvalue weighted by molar-refractivity contribution is 6.30. The van der Waals surface area contributed by atoms with Crippen molar-refractivity contribution in [2.45, 2.75) is 31.9 Å². The summed E-state index contributed by atoms with van der Waals surface area (Å²) in [5.41, 5.74) is 1.01. The molecule has 1 atom stereocenters. The number of aromatic nitrogens is 2. The van der Waals surface area contributed by atoms with Crippen molar-refractivity contribution in [2.24, 2.45) is 0 Å². The number of piperidine rings is 1. The van der Waals surface area contributed by atoms with Crippen molar-refractivity contribution in [3.63, 3.8) is 0 Å². The number of nitrogens with zero attached hydrogens (tertiary/aromatic N) is 3. The number of halogens is 2. The summed E-state index contributed by atoms with van der Waals surface area (Å²) in [6.07, 6.45) is 5.14. The van der Waals surface area contributed by atoms with E-state index in [0.717, 1.165) is 25.0 Å². The second-order valence-electron chi connectivity index (χ2n) is 5.69. The van der Waals surface area contributed by atoms with E-state index in [1.54, 1.807) is 23.2 Å². The zero-order chi connectivity index (χ0) is 17.6. The number of rotatable bonds is 4. The van der Waals surface area contributed by atoms with Crippen molar-refractivity contribution >= 4 is 17.7 Å². The standard InChI is InChI=1S/C17H17ClFN3O3/c18-13-5-4-12(14(19)9-13)10-24-25-17(23)22-8-2-1-3-16(22)15-6-7-20-11-21-15/h4-7,9,11,16H,1-3,8,10H2. The van der Waals surface area contributed by atoms with E-state index in [-0.39, 0.29) is 18.2 Å². The van der Waals surface area contributed by atoms with Crippen LogP contribution >= 0.6 is 11.6 Å². The van der Waals surface area contributed by atoms with Gasteiger partial charge in [-0.15, -0.1) is 0 Å². The summed E-state index contributed by atoms with van der Waals surface area (Å²) in [6.45, 7) is 0.354. The Morgan fingerprint density at radius 1 is 1.36 bits per heavy atom. The first kappa shape index (κ1) is 17.6. The van der Waals surface area contributed by atoms with Gasteiger partial charge in [-0.2, -0.15) is 4.89 Å². The molecule has 1 unspecified atom stereocenters. The van der Waals surface area contributed by atoms with Crippen molar-refractivity contribution in [1.82, 2.24) is 14.9 Å². The molecule has 8 heteroatoms. The number of likely N-dealkylation sites (tertiary alicyclic amines) is 1. The molecule has 6 nitrogen and oxygen atoms in total. The molecule has 0 bridgehead atoms. The van der Waals surface area contributed by atoms with Crippen molar-refractivity contribution in [3.05, 3.63) is 58.9 Å². The van der Waals surface area contributed by atoms with E-state index in [0.29, 0.717) is 11.6 Å². The van der Waals surface area contributed by atoms with Gasteiger partial charge in [0.05, 0.1) is 11.7 Å². The number of carbonyl (C=O) groups excluding carboxylic acids is 1. The summed E-state index contributed by atoms with van der Waals surface area (Å²) in [5.74, 6) is -0.514. The van der Waals surface area contributed by atoms with E-state index in [4.69, 9.17) is 21.4 Å². The predicted octanol–water partition coefficient (Wildman–Crippen LogP) is 4.06. The van der Waals surface area contributed by atoms with E-state index in [2.05, 4.69) is 9.97 Å². The van der Waals surface area contributed by atoms with E-state index < -0.39 is 11.9 Å². The molecule has 0 N–H and O–H groups in total. The van der Waals surface area contributed by atoms with Gasteiger partial charge in [-0.05, 0) is 37.5 Å². The maximum absolute atomic E-state index is 13.7. The SMILES string of the molecule is O=C(OOCc1ccc(Cl)cc1F)N1CCCCC1c1ccncn1. The molecule has 0 radical (unpaired) electrons. The van der Waals surface area contributed by atoms with E-state index in [9.17, 15) is 9.18 Å². The van der Waals surface area contributed by atoms with Crippen molar-refractivity contribution in [2.75, 3.05) is 6.54 Å². The van der Waals surface area contributed by atoms with Crippen LogP contribution in [0.15, 0.2) is 36.8 Å². The molecule has 2 aromatic rings. The third-order valence-electron chi connectivity index (χ3n) is 4.04. The Labute approximate surface area is 149 Å². The van der Waals surface area contributed by atoms with Gasteiger partial charge < -0.3 is 0 Å². The van der Waals surface area contributed by atoms with Gasteiger partial charge in [0.25, 0.3) is 0 Å². The van der Waals surface area contributed by atoms with Crippen molar-refractivity contribution in [1.29, 1.82) is 0 Å². The van der Waals surface area contributed by atoms with Gasteiger partial charge in [0.15, 0.2) is 0 Å². The zero-order valence-electron chi connectivity index (χ0n) is 13.4. The van der Waals surface area contributed by atoms with Gasteiger partial charge in [0.2, 0.25) is 0 Å². The van der Waals surface area contributed by atoms with E-state index in [1.807, 2.05) is 0 Å². The number of amides is 1. The third-order valence-corrected chi connectivity index (χ3v) is 4.28. The second kappa shape index (κ2) is 8.22. The molecule has 1 fully saturated rings. The summed E-state index contributed by atoms with van der Waals surface area (Å²) >= 11 is 5.69. The molecule has 1 aliphatic heterocycles. The fraction of sp³-hybridized carbons (Fsp3) is 0.353. The van der Waals surface area contributed by atoms with Crippen LogP contribution in [0.1, 0.15) is 36.6 Å². The molecule has 1 saturated heterocycles. The molecule has 132 valence electrons. The summed E-state index contributed by atoms with van der Waals surface area (Å²) in [7, 11) is 0. The molecule has 0 aliphatic carbocycles. The van der Waals surface area contributed by atoms with Crippen LogP contribution in [0.2, 0.25) is 5.02 Å². The van der Waals surface area contributed by atoms with Crippen molar-refractivity contribution in [3.8, 4) is 0 Å². The first-order valence-corrected chi connectivity index (χ1v) is 8.33. The Balaban J connectivity index is 1.59. The molecule has 0 spiro atoms. The summed E-state index contributed by atoms with van der Waals surface area (Å²) in [4.78, 5) is 31.8. The number of hydrogen-bond donors (Lipinski definition) is 0. The average molecular weight is 366 g/mol. The third kappa shape index (κ3) is 4.43. The highest BCUT2D eigenvalue weighted by Gasteiger charge is 2.30. The fourth-order valence-electron chi connectivity index (χ4n) is 2.79. The smallest absolute Gasteiger partial charge is 0.297 e. The lowest BCUT2D eigenvalue weighted by atomic mass is 10.00. The first-order chi connectivity index (χ1) is 12.1. The monoisotopic (exact) mass is 365 g/mol. The van der Waals surface area contributed by atoms with Crippen LogP contribution < -0.4 is 0 Å². The molecule has 2 heterocycles. The van der Waals surface area contributed by atoms with Crippen LogP contribution in [-0.4, -0.2) is 27.5 Å². The second-order valence-corrected chi connectivity index (χ2v) is 6.12. The molecule has 1 aromatic carbocycles. The van der Waals surface area contributed by atoms with Crippen LogP contribution in [0.4, 0.5) is 9.18 Å². The lowest BCUT2D eigenvalue weighted by Crippen LogP contribution is -2.39. The Morgan fingerprint density at radius 2 is 2.24 bits per heavy atom. The summed E-state index contributed by atoms with van der Waals surface area (Å²) < 4.78 is 13.7. The molecule has 25 heavy (non-hydrogen) atoms. The quantitative estimate of drug-likeness (QED) is 0.603. The van der Waals surface area contributed by atoms with Crippen molar-refractivity contribution < 1.29 is 19.0 Å². The lowest BCUT2D eigenvalue weighted by Gasteiger charge is -2.33. The Hall–Kier alpha value is -2.25. The van der Waals surface area contributed by atoms with Gasteiger partial charge in [-0.25, -0.2) is 19.2 Å². The van der Waals surface area contributed by atoms with Crippen LogP contribution in [0.5, 0.6) is 0 Å². The summed E-state index contributed by atoms with van der Waals surface area (Å²) in [5, 5.41) is 0.291. The zero-order valence-corrected chi connectivity index (χ0v) is 14.2. The fourth-order valence-corrected chi connectivity index (χ4v) is 2.94. The number of carbonyl (C=O) groups is 1. The first-order valence-electron chi connectivity index (χ1n) is 7.95. The summed E-state index contributed by atoms with van der Waals surface area (Å²) in [6, 6.07) is 5.80. The van der Waals surface area contributed by atoms with Crippen LogP contribution in [0.25, 0.3) is 0 Å². The highest BCUT2D eigenvalue weighted by Crippen LogP contribution is 2.30. The van der Waals surface area contributed by atoms with Gasteiger partial charge in [-0.3, -0.25) is 9.79 Å². The molecule has 1 aromatic heterocycles. The largest absolute Gasteiger partial charge is 0.441 e. The van der Waals surface area contributed by atoms with Crippen LogP contribution in [0.3, 0.4) is 0 Å². The highest BCUT2D eigenvalue weighted by atomic mass is 35.5. The Kier molecular flexibility index (Phi) is 5.78. The van der Waals surface area contributed by atoms with Gasteiger partial charge in [0.1, 0.15) is 18.8 Å². The molecule has 1 aliphatic rings. The molecule has 3 rings (SSSR count). The molecular weight excluding hydrogens is 349 g/mol. The number of benzene rings is 1. The minimum atomic E-state index is -0.613. The maximum atomic E-state index is 13.7. The molecular formula is C17H17ClFN3O3. The van der Waals surface area contributed by atoms with Gasteiger partial charge >= 0.3 is 6.09 Å². The molecule has 0 saturated carbocycles. The van der Waals surface area contributed by atoms with Gasteiger partial charge in [0, 0.05) is 23.3 Å². The van der Waals surface area contributed by atoms with E-state index >= 15 is 0 Å². The Morgan fingerprint density at radius 3 is 3.00 bits per heavy atom. The van der Waals surface area contributed by atoms with Gasteiger partial charge in [-0.1, -0.05) is 17.7 Å².